The number of carbonyl (C=O) groups excluding carboxylic acids is 1. The number of hydrogen-bond donors (Lipinski definition) is 1. The second-order valence-electron chi connectivity index (χ2n) is 5.35. The lowest BCUT2D eigenvalue weighted by Gasteiger charge is -2.16. The maximum atomic E-state index is 12.5. The van der Waals surface area contributed by atoms with E-state index in [0.29, 0.717) is 13.0 Å². The lowest BCUT2D eigenvalue weighted by atomic mass is 10.1. The molecule has 0 fully saturated rings. The largest absolute Gasteiger partial charge is 0.354 e. The molecule has 0 spiro atoms. The second-order valence-corrected chi connectivity index (χ2v) is 5.35. The maximum Gasteiger partial charge on any atom is 0.245 e. The van der Waals surface area contributed by atoms with Crippen molar-refractivity contribution < 1.29 is 4.79 Å². The zero-order valence-corrected chi connectivity index (χ0v) is 13.0. The molecule has 6 heteroatoms. The minimum absolute atomic E-state index is 0.0346. The summed E-state index contributed by atoms with van der Waals surface area (Å²) in [5.41, 5.74) is 1.09. The van der Waals surface area contributed by atoms with Crippen molar-refractivity contribution in [1.29, 1.82) is 0 Å². The van der Waals surface area contributed by atoms with Crippen LogP contribution >= 0.6 is 0 Å². The zero-order chi connectivity index (χ0) is 15.6. The minimum Gasteiger partial charge on any atom is -0.354 e. The van der Waals surface area contributed by atoms with E-state index in [4.69, 9.17) is 0 Å². The van der Waals surface area contributed by atoms with E-state index in [2.05, 4.69) is 27.8 Å². The third-order valence-electron chi connectivity index (χ3n) is 3.59. The molecular weight excluding hydrogens is 278 g/mol. The van der Waals surface area contributed by atoms with Gasteiger partial charge in [-0.25, -0.2) is 4.68 Å². The highest BCUT2D eigenvalue weighted by Gasteiger charge is 2.21. The third-order valence-corrected chi connectivity index (χ3v) is 3.59. The smallest absolute Gasteiger partial charge is 0.245 e. The van der Waals surface area contributed by atoms with Gasteiger partial charge in [0.1, 0.15) is 12.4 Å². The number of nitrogens with zero attached hydrogens (tertiary/aromatic N) is 4. The van der Waals surface area contributed by atoms with E-state index >= 15 is 0 Å². The van der Waals surface area contributed by atoms with Crippen molar-refractivity contribution in [3.05, 3.63) is 42.2 Å². The summed E-state index contributed by atoms with van der Waals surface area (Å²) in [5.74, 6) is -0.0346. The number of nitrogens with one attached hydrogen (secondary N) is 1. The molecule has 1 aromatic carbocycles. The van der Waals surface area contributed by atoms with Crippen molar-refractivity contribution in [3.8, 4) is 0 Å². The highest BCUT2D eigenvalue weighted by atomic mass is 16.2. The molecule has 0 saturated carbocycles. The number of tetrazole rings is 1. The average Bonchev–Trinajstić information content (AvgIpc) is 3.07. The van der Waals surface area contributed by atoms with Crippen LogP contribution in [0.1, 0.15) is 44.2 Å². The van der Waals surface area contributed by atoms with Crippen LogP contribution in [0.15, 0.2) is 36.7 Å². The Kier molecular flexibility index (Phi) is 6.54. The van der Waals surface area contributed by atoms with Gasteiger partial charge in [-0.15, -0.1) is 5.10 Å². The maximum absolute atomic E-state index is 12.5. The van der Waals surface area contributed by atoms with E-state index in [1.807, 2.05) is 30.3 Å². The fraction of sp³-hybridized carbons (Fsp3) is 0.500. The monoisotopic (exact) mass is 301 g/mol. The predicted molar refractivity (Wildman–Crippen MR) is 84.2 cm³/mol. The number of carbonyl (C=O) groups is 1. The molecule has 0 aliphatic heterocycles. The molecule has 1 amide bonds. The van der Waals surface area contributed by atoms with Gasteiger partial charge in [0.15, 0.2) is 0 Å². The predicted octanol–water partition coefficient (Wildman–Crippen LogP) is 2.15. The molecule has 1 N–H and O–H groups in total. The molecular formula is C16H23N5O. The quantitative estimate of drug-likeness (QED) is 0.720. The summed E-state index contributed by atoms with van der Waals surface area (Å²) in [7, 11) is 0. The molecule has 1 aromatic heterocycles. The summed E-state index contributed by atoms with van der Waals surface area (Å²) >= 11 is 0. The molecule has 0 radical (unpaired) electrons. The van der Waals surface area contributed by atoms with Gasteiger partial charge >= 0.3 is 0 Å². The molecule has 0 saturated heterocycles. The van der Waals surface area contributed by atoms with Gasteiger partial charge in [-0.1, -0.05) is 56.5 Å². The van der Waals surface area contributed by atoms with Gasteiger partial charge in [0.2, 0.25) is 5.91 Å². The topological polar surface area (TPSA) is 72.7 Å². The Bertz CT molecular complexity index is 541. The summed E-state index contributed by atoms with van der Waals surface area (Å²) in [6, 6.07) is 9.49. The molecule has 22 heavy (non-hydrogen) atoms. The van der Waals surface area contributed by atoms with Gasteiger partial charge in [0.05, 0.1) is 0 Å². The van der Waals surface area contributed by atoms with Crippen LogP contribution < -0.4 is 5.32 Å². The molecule has 2 rings (SSSR count). The van der Waals surface area contributed by atoms with E-state index in [0.717, 1.165) is 18.4 Å². The molecule has 1 atom stereocenters. The number of benzene rings is 1. The second kappa shape index (κ2) is 8.92. The van der Waals surface area contributed by atoms with E-state index in [1.54, 1.807) is 0 Å². The Hall–Kier alpha value is -2.24. The van der Waals surface area contributed by atoms with Crippen molar-refractivity contribution >= 4 is 5.91 Å². The van der Waals surface area contributed by atoms with E-state index in [1.165, 1.54) is 23.9 Å². The van der Waals surface area contributed by atoms with Crippen LogP contribution in [0.2, 0.25) is 0 Å². The SMILES string of the molecule is CCCCCCNC(=O)C(Cc1ccccc1)n1cnnn1. The lowest BCUT2D eigenvalue weighted by molar-refractivity contribution is -0.124. The summed E-state index contributed by atoms with van der Waals surface area (Å²) in [4.78, 5) is 12.5. The summed E-state index contributed by atoms with van der Waals surface area (Å²) in [6.07, 6.45) is 6.61. The van der Waals surface area contributed by atoms with Gasteiger partial charge in [-0.3, -0.25) is 4.79 Å². The van der Waals surface area contributed by atoms with Crippen LogP contribution in [0.4, 0.5) is 0 Å². The van der Waals surface area contributed by atoms with Crippen molar-refractivity contribution in [3.63, 3.8) is 0 Å². The van der Waals surface area contributed by atoms with Crippen molar-refractivity contribution in [2.75, 3.05) is 6.54 Å². The number of amides is 1. The number of aromatic nitrogens is 4. The first-order chi connectivity index (χ1) is 10.8. The Morgan fingerprint density at radius 3 is 2.73 bits per heavy atom. The van der Waals surface area contributed by atoms with E-state index in [9.17, 15) is 4.79 Å². The van der Waals surface area contributed by atoms with Gasteiger partial charge in [0.25, 0.3) is 0 Å². The van der Waals surface area contributed by atoms with Gasteiger partial charge in [-0.2, -0.15) is 0 Å². The van der Waals surface area contributed by atoms with Crippen LogP contribution in [-0.2, 0) is 11.2 Å². The molecule has 1 heterocycles. The Balaban J connectivity index is 1.94. The van der Waals surface area contributed by atoms with Gasteiger partial charge in [-0.05, 0) is 22.4 Å². The highest BCUT2D eigenvalue weighted by molar-refractivity contribution is 5.80. The standard InChI is InChI=1S/C16H23N5O/c1-2-3-4-8-11-17-16(22)15(21-13-18-19-20-21)12-14-9-6-5-7-10-14/h5-7,9-10,13,15H,2-4,8,11-12H2,1H3,(H,17,22). The third kappa shape index (κ3) is 4.95. The Labute approximate surface area is 130 Å². The van der Waals surface area contributed by atoms with Crippen molar-refractivity contribution in [2.45, 2.75) is 45.1 Å². The van der Waals surface area contributed by atoms with Gasteiger partial charge in [0, 0.05) is 13.0 Å². The van der Waals surface area contributed by atoms with Crippen LogP contribution in [0, 0.1) is 0 Å². The van der Waals surface area contributed by atoms with Crippen molar-refractivity contribution in [1.82, 2.24) is 25.5 Å². The molecule has 2 aromatic rings. The first-order valence-corrected chi connectivity index (χ1v) is 7.85. The van der Waals surface area contributed by atoms with Gasteiger partial charge < -0.3 is 5.32 Å². The number of unbranched alkanes of at least 4 members (excludes halogenated alkanes) is 3. The van der Waals surface area contributed by atoms with Crippen LogP contribution in [-0.4, -0.2) is 32.7 Å². The minimum atomic E-state index is -0.413. The van der Waals surface area contributed by atoms with E-state index in [-0.39, 0.29) is 5.91 Å². The molecule has 6 nitrogen and oxygen atoms in total. The normalized spacial score (nSPS) is 12.0. The highest BCUT2D eigenvalue weighted by Crippen LogP contribution is 2.13. The van der Waals surface area contributed by atoms with Crippen LogP contribution in [0.3, 0.4) is 0 Å². The fourth-order valence-electron chi connectivity index (χ4n) is 2.34. The molecule has 1 unspecified atom stereocenters. The van der Waals surface area contributed by atoms with Crippen molar-refractivity contribution in [2.24, 2.45) is 0 Å². The first-order valence-electron chi connectivity index (χ1n) is 7.85. The molecule has 118 valence electrons. The number of rotatable bonds is 9. The Morgan fingerprint density at radius 2 is 2.05 bits per heavy atom. The Morgan fingerprint density at radius 1 is 1.23 bits per heavy atom. The molecule has 0 aliphatic carbocycles. The summed E-state index contributed by atoms with van der Waals surface area (Å²) < 4.78 is 1.52. The molecule has 0 aliphatic rings. The fourth-order valence-corrected chi connectivity index (χ4v) is 2.34. The number of hydrogen-bond acceptors (Lipinski definition) is 4. The van der Waals surface area contributed by atoms with Crippen LogP contribution in [0.5, 0.6) is 0 Å². The lowest BCUT2D eigenvalue weighted by Crippen LogP contribution is -2.34. The first kappa shape index (κ1) is 16.1. The average molecular weight is 301 g/mol. The molecule has 0 bridgehead atoms. The summed E-state index contributed by atoms with van der Waals surface area (Å²) in [5, 5.41) is 14.2. The zero-order valence-electron chi connectivity index (χ0n) is 13.0. The van der Waals surface area contributed by atoms with E-state index < -0.39 is 6.04 Å². The van der Waals surface area contributed by atoms with Crippen LogP contribution in [0.25, 0.3) is 0 Å². The summed E-state index contributed by atoms with van der Waals surface area (Å²) in [6.45, 7) is 2.87.